The molecule has 0 spiro atoms. The van der Waals surface area contributed by atoms with Crippen molar-refractivity contribution < 1.29 is 23.4 Å². The van der Waals surface area contributed by atoms with Crippen LogP contribution in [0.15, 0.2) is 24.4 Å². The number of nitrogens with one attached hydrogen (secondary N) is 1. The van der Waals surface area contributed by atoms with Crippen LogP contribution in [0, 0.1) is 11.6 Å². The molecule has 1 aliphatic rings. The highest BCUT2D eigenvalue weighted by Crippen LogP contribution is 2.37. The van der Waals surface area contributed by atoms with Crippen LogP contribution in [0.1, 0.15) is 55.7 Å². The molecule has 0 radical (unpaired) electrons. The second-order valence-electron chi connectivity index (χ2n) is 7.24. The first kappa shape index (κ1) is 19.3. The summed E-state index contributed by atoms with van der Waals surface area (Å²) in [6, 6.07) is 3.25. The third kappa shape index (κ3) is 3.66. The van der Waals surface area contributed by atoms with Gasteiger partial charge in [-0.15, -0.1) is 0 Å². The summed E-state index contributed by atoms with van der Waals surface area (Å²) in [7, 11) is 1.57. The molecule has 0 fully saturated rings. The van der Waals surface area contributed by atoms with Crippen molar-refractivity contribution in [1.29, 1.82) is 0 Å². The van der Waals surface area contributed by atoms with Gasteiger partial charge in [-0.2, -0.15) is 0 Å². The van der Waals surface area contributed by atoms with E-state index in [2.05, 4.69) is 10.3 Å². The second kappa shape index (κ2) is 7.26. The topological polar surface area (TPSA) is 76.4 Å². The molecule has 0 saturated carbocycles. The highest BCUT2D eigenvalue weighted by Gasteiger charge is 2.34. The first-order valence-electron chi connectivity index (χ1n) is 8.79. The lowest BCUT2D eigenvalue weighted by Crippen LogP contribution is -2.30. The Morgan fingerprint density at radius 3 is 2.59 bits per heavy atom. The minimum atomic E-state index is -1.17. The molecule has 8 heteroatoms. The summed E-state index contributed by atoms with van der Waals surface area (Å²) in [5, 5.41) is 11.6. The van der Waals surface area contributed by atoms with Gasteiger partial charge in [0.05, 0.1) is 17.9 Å². The largest absolute Gasteiger partial charge is 0.465 e. The number of imidazole rings is 1. The number of carbonyl (C=O) groups is 1. The predicted molar refractivity (Wildman–Crippen MR) is 94.5 cm³/mol. The van der Waals surface area contributed by atoms with E-state index in [1.807, 2.05) is 18.4 Å². The number of amides is 1. The van der Waals surface area contributed by atoms with Crippen LogP contribution in [0.4, 0.5) is 13.6 Å². The van der Waals surface area contributed by atoms with E-state index in [-0.39, 0.29) is 12.1 Å². The number of rotatable bonds is 4. The van der Waals surface area contributed by atoms with Crippen molar-refractivity contribution in [3.63, 3.8) is 0 Å². The van der Waals surface area contributed by atoms with Gasteiger partial charge in [-0.05, 0) is 38.8 Å². The maximum Gasteiger partial charge on any atom is 0.405 e. The maximum absolute atomic E-state index is 14.4. The molecule has 27 heavy (non-hydrogen) atoms. The van der Waals surface area contributed by atoms with Crippen molar-refractivity contribution in [2.24, 2.45) is 0 Å². The monoisotopic (exact) mass is 379 g/mol. The summed E-state index contributed by atoms with van der Waals surface area (Å²) in [5.74, 6) is -1.12. The SMILES string of the molecule is COC(C)(C)c1cnc2n1C[C@H](c1c(F)cccc1F)CC[C@H]2NC(=O)O. The third-order valence-electron chi connectivity index (χ3n) is 5.24. The minimum absolute atomic E-state index is 0.0225. The summed E-state index contributed by atoms with van der Waals surface area (Å²) >= 11 is 0. The molecule has 2 heterocycles. The highest BCUT2D eigenvalue weighted by molar-refractivity contribution is 5.65. The van der Waals surface area contributed by atoms with Gasteiger partial charge in [0.1, 0.15) is 23.1 Å². The zero-order valence-electron chi connectivity index (χ0n) is 15.5. The Bertz CT molecular complexity index is 830. The van der Waals surface area contributed by atoms with E-state index in [1.165, 1.54) is 18.2 Å². The van der Waals surface area contributed by atoms with Crippen LogP contribution in [0.5, 0.6) is 0 Å². The van der Waals surface area contributed by atoms with E-state index < -0.39 is 35.3 Å². The summed E-state index contributed by atoms with van der Waals surface area (Å²) in [4.78, 5) is 15.6. The Morgan fingerprint density at radius 1 is 1.33 bits per heavy atom. The third-order valence-corrected chi connectivity index (χ3v) is 5.24. The number of benzene rings is 1. The molecule has 146 valence electrons. The smallest absolute Gasteiger partial charge is 0.405 e. The average molecular weight is 379 g/mol. The summed E-state index contributed by atoms with van der Waals surface area (Å²) in [5.41, 5.74) is 0.0527. The molecule has 0 bridgehead atoms. The molecule has 2 aromatic rings. The first-order chi connectivity index (χ1) is 12.7. The van der Waals surface area contributed by atoms with Gasteiger partial charge in [-0.1, -0.05) is 6.07 Å². The van der Waals surface area contributed by atoms with Crippen LogP contribution in [-0.4, -0.2) is 27.9 Å². The lowest BCUT2D eigenvalue weighted by atomic mass is 9.92. The van der Waals surface area contributed by atoms with E-state index in [1.54, 1.807) is 13.3 Å². The van der Waals surface area contributed by atoms with Gasteiger partial charge in [-0.3, -0.25) is 0 Å². The molecule has 3 rings (SSSR count). The summed E-state index contributed by atoms with van der Waals surface area (Å²) in [6.07, 6.45) is 1.26. The minimum Gasteiger partial charge on any atom is -0.465 e. The Kier molecular flexibility index (Phi) is 5.19. The number of fused-ring (bicyclic) bond motifs is 1. The number of hydrogen-bond acceptors (Lipinski definition) is 3. The van der Waals surface area contributed by atoms with E-state index in [0.717, 1.165) is 5.69 Å². The quantitative estimate of drug-likeness (QED) is 0.844. The van der Waals surface area contributed by atoms with E-state index >= 15 is 0 Å². The van der Waals surface area contributed by atoms with Crippen molar-refractivity contribution in [2.45, 2.75) is 50.8 Å². The molecule has 1 aromatic carbocycles. The number of hydrogen-bond donors (Lipinski definition) is 2. The molecular formula is C19H23F2N3O3. The Balaban J connectivity index is 2.09. The number of methoxy groups -OCH3 is 1. The maximum atomic E-state index is 14.4. The van der Waals surface area contributed by atoms with Crippen LogP contribution in [-0.2, 0) is 16.9 Å². The van der Waals surface area contributed by atoms with Crippen molar-refractivity contribution in [1.82, 2.24) is 14.9 Å². The fraction of sp³-hybridized carbons (Fsp3) is 0.474. The van der Waals surface area contributed by atoms with E-state index in [0.29, 0.717) is 18.7 Å². The molecule has 1 aromatic heterocycles. The number of halogens is 2. The number of carboxylic acid groups (broad SMARTS) is 1. The van der Waals surface area contributed by atoms with Crippen LogP contribution < -0.4 is 5.32 Å². The van der Waals surface area contributed by atoms with Gasteiger partial charge < -0.3 is 19.7 Å². The number of ether oxygens (including phenoxy) is 1. The standard InChI is InChI=1S/C19H23F2N3O3/c1-19(2,27-3)15-9-22-17-14(23-18(25)26)8-7-11(10-24(15)17)16-12(20)5-4-6-13(16)21/h4-6,9,11,14,23H,7-8,10H2,1-3H3,(H,25,26)/t11-,14-/m1/s1. The lowest BCUT2D eigenvalue weighted by molar-refractivity contribution is 0.0120. The summed E-state index contributed by atoms with van der Waals surface area (Å²) in [6.45, 7) is 4.01. The molecule has 0 unspecified atom stereocenters. The average Bonchev–Trinajstić information content (AvgIpc) is 2.94. The zero-order valence-corrected chi connectivity index (χ0v) is 15.5. The first-order valence-corrected chi connectivity index (χ1v) is 8.79. The van der Waals surface area contributed by atoms with Gasteiger partial charge >= 0.3 is 6.09 Å². The molecule has 0 saturated heterocycles. The van der Waals surface area contributed by atoms with E-state index in [4.69, 9.17) is 4.74 Å². The van der Waals surface area contributed by atoms with Crippen LogP contribution in [0.2, 0.25) is 0 Å². The van der Waals surface area contributed by atoms with Crippen molar-refractivity contribution in [2.75, 3.05) is 7.11 Å². The normalized spacial score (nSPS) is 20.0. The molecule has 1 aliphatic heterocycles. The van der Waals surface area contributed by atoms with Gasteiger partial charge in [0.2, 0.25) is 0 Å². The van der Waals surface area contributed by atoms with Crippen molar-refractivity contribution in [3.8, 4) is 0 Å². The zero-order chi connectivity index (χ0) is 19.8. The molecule has 1 amide bonds. The molecule has 6 nitrogen and oxygen atoms in total. The van der Waals surface area contributed by atoms with Crippen LogP contribution in [0.3, 0.4) is 0 Å². The Labute approximate surface area is 156 Å². The molecule has 0 aliphatic carbocycles. The van der Waals surface area contributed by atoms with Crippen LogP contribution in [0.25, 0.3) is 0 Å². The fourth-order valence-corrected chi connectivity index (χ4v) is 3.68. The predicted octanol–water partition coefficient (Wildman–Crippen LogP) is 3.93. The molecular weight excluding hydrogens is 356 g/mol. The molecule has 2 N–H and O–H groups in total. The van der Waals surface area contributed by atoms with Gasteiger partial charge in [0, 0.05) is 25.1 Å². The van der Waals surface area contributed by atoms with E-state index in [9.17, 15) is 18.7 Å². The number of aromatic nitrogens is 2. The number of nitrogens with zero attached hydrogens (tertiary/aromatic N) is 2. The fourth-order valence-electron chi connectivity index (χ4n) is 3.68. The van der Waals surface area contributed by atoms with Gasteiger partial charge in [0.15, 0.2) is 0 Å². The van der Waals surface area contributed by atoms with Gasteiger partial charge in [-0.25, -0.2) is 18.6 Å². The Hall–Kier alpha value is -2.48. The molecule has 2 atom stereocenters. The van der Waals surface area contributed by atoms with Gasteiger partial charge in [0.25, 0.3) is 0 Å². The highest BCUT2D eigenvalue weighted by atomic mass is 19.1. The Morgan fingerprint density at radius 2 is 2.00 bits per heavy atom. The summed E-state index contributed by atoms with van der Waals surface area (Å²) < 4.78 is 36.1. The van der Waals surface area contributed by atoms with Crippen LogP contribution >= 0.6 is 0 Å². The lowest BCUT2D eigenvalue weighted by Gasteiger charge is -2.27. The van der Waals surface area contributed by atoms with Crippen molar-refractivity contribution >= 4 is 6.09 Å². The van der Waals surface area contributed by atoms with Crippen molar-refractivity contribution in [3.05, 3.63) is 53.1 Å². The second-order valence-corrected chi connectivity index (χ2v) is 7.24.